The van der Waals surface area contributed by atoms with Gasteiger partial charge in [-0.15, -0.1) is 0 Å². The molecule has 190 valence electrons. The van der Waals surface area contributed by atoms with Gasteiger partial charge in [0.25, 0.3) is 11.2 Å². The van der Waals surface area contributed by atoms with Crippen molar-refractivity contribution in [3.05, 3.63) is 90.6 Å². The van der Waals surface area contributed by atoms with Gasteiger partial charge in [-0.2, -0.15) is 0 Å². The number of hydrogen-bond donors (Lipinski definition) is 3. The Balaban J connectivity index is 1.89. The Morgan fingerprint density at radius 1 is 1.22 bits per heavy atom. The Morgan fingerprint density at radius 3 is 2.61 bits per heavy atom. The highest BCUT2D eigenvalue weighted by Gasteiger charge is 2.20. The smallest absolute Gasteiger partial charge is 0.330 e. The number of aromatic amines is 1. The summed E-state index contributed by atoms with van der Waals surface area (Å²) in [6, 6.07) is 13.5. The van der Waals surface area contributed by atoms with Crippen molar-refractivity contribution >= 4 is 28.8 Å². The average Bonchev–Trinajstić information content (AvgIpc) is 2.84. The van der Waals surface area contributed by atoms with Gasteiger partial charge < -0.3 is 20.7 Å². The van der Waals surface area contributed by atoms with Crippen LogP contribution in [0, 0.1) is 17.0 Å². The van der Waals surface area contributed by atoms with Crippen LogP contribution in [0.5, 0.6) is 0 Å². The van der Waals surface area contributed by atoms with E-state index in [9.17, 15) is 24.5 Å². The predicted molar refractivity (Wildman–Crippen MR) is 136 cm³/mol. The Labute approximate surface area is 206 Å². The summed E-state index contributed by atoms with van der Waals surface area (Å²) in [6.07, 6.45) is -0.0506. The molecule has 0 saturated heterocycles. The van der Waals surface area contributed by atoms with Gasteiger partial charge in [-0.25, -0.2) is 4.79 Å². The molecule has 0 saturated carbocycles. The van der Waals surface area contributed by atoms with Crippen LogP contribution in [0.1, 0.15) is 17.5 Å². The number of carbonyl (C=O) groups excluding carboxylic acids is 1. The first-order valence-electron chi connectivity index (χ1n) is 11.2. The molecule has 12 heteroatoms. The lowest BCUT2D eigenvalue weighted by atomic mass is 10.1. The molecule has 1 aromatic heterocycles. The number of nitrogens with one attached hydrogen (secondary N) is 2. The monoisotopic (exact) mass is 496 g/mol. The molecule has 0 atom stereocenters. The van der Waals surface area contributed by atoms with Crippen LogP contribution in [-0.2, 0) is 22.6 Å². The van der Waals surface area contributed by atoms with Gasteiger partial charge in [0.1, 0.15) is 11.5 Å². The first-order chi connectivity index (χ1) is 17.2. The van der Waals surface area contributed by atoms with E-state index in [1.807, 2.05) is 30.3 Å². The molecule has 0 unspecified atom stereocenters. The van der Waals surface area contributed by atoms with E-state index in [2.05, 4.69) is 10.3 Å². The molecule has 3 rings (SSSR count). The van der Waals surface area contributed by atoms with Crippen molar-refractivity contribution < 1.29 is 14.5 Å². The zero-order chi connectivity index (χ0) is 26.2. The minimum Gasteiger partial charge on any atom is -0.383 e. The van der Waals surface area contributed by atoms with E-state index in [-0.39, 0.29) is 49.9 Å². The number of anilines is 3. The molecule has 0 bridgehead atoms. The first-order valence-corrected chi connectivity index (χ1v) is 11.2. The number of nitrogens with zero attached hydrogens (tertiary/aromatic N) is 3. The lowest BCUT2D eigenvalue weighted by molar-refractivity contribution is -0.384. The molecular formula is C24H28N6O6. The van der Waals surface area contributed by atoms with E-state index in [0.29, 0.717) is 11.3 Å². The summed E-state index contributed by atoms with van der Waals surface area (Å²) in [6.45, 7) is 2.41. The van der Waals surface area contributed by atoms with Crippen molar-refractivity contribution in [2.24, 2.45) is 0 Å². The van der Waals surface area contributed by atoms with Gasteiger partial charge in [0.15, 0.2) is 0 Å². The molecule has 0 radical (unpaired) electrons. The first kappa shape index (κ1) is 26.2. The number of aromatic nitrogens is 2. The van der Waals surface area contributed by atoms with Crippen LogP contribution in [0.15, 0.2) is 58.1 Å². The van der Waals surface area contributed by atoms with Crippen molar-refractivity contribution in [3.63, 3.8) is 0 Å². The fourth-order valence-corrected chi connectivity index (χ4v) is 3.67. The molecule has 0 fully saturated rings. The molecule has 1 amide bonds. The summed E-state index contributed by atoms with van der Waals surface area (Å²) < 4.78 is 6.25. The summed E-state index contributed by atoms with van der Waals surface area (Å²) >= 11 is 0. The number of ether oxygens (including phenoxy) is 1. The molecule has 0 spiro atoms. The minimum atomic E-state index is -0.669. The second-order valence-corrected chi connectivity index (χ2v) is 8.10. The molecule has 3 aromatic rings. The van der Waals surface area contributed by atoms with E-state index in [0.717, 1.165) is 5.56 Å². The molecule has 4 N–H and O–H groups in total. The van der Waals surface area contributed by atoms with Crippen molar-refractivity contribution in [2.75, 3.05) is 36.2 Å². The number of nitro groups is 1. The van der Waals surface area contributed by atoms with Gasteiger partial charge in [0.05, 0.1) is 23.8 Å². The van der Waals surface area contributed by atoms with Gasteiger partial charge in [-0.1, -0.05) is 36.4 Å². The van der Waals surface area contributed by atoms with Gasteiger partial charge in [-0.05, 0) is 18.1 Å². The third-order valence-corrected chi connectivity index (χ3v) is 5.58. The topological polar surface area (TPSA) is 166 Å². The van der Waals surface area contributed by atoms with Crippen LogP contribution in [-0.4, -0.2) is 40.6 Å². The number of methoxy groups -OCH3 is 1. The third-order valence-electron chi connectivity index (χ3n) is 5.58. The number of amides is 1. The fourth-order valence-electron chi connectivity index (χ4n) is 3.67. The van der Waals surface area contributed by atoms with Crippen LogP contribution in [0.2, 0.25) is 0 Å². The number of nitrogens with two attached hydrogens (primary N) is 1. The van der Waals surface area contributed by atoms with Gasteiger partial charge in [0.2, 0.25) is 5.91 Å². The summed E-state index contributed by atoms with van der Waals surface area (Å²) in [5.74, 6) is -0.439. The second kappa shape index (κ2) is 11.8. The maximum absolute atomic E-state index is 12.8. The summed E-state index contributed by atoms with van der Waals surface area (Å²) in [4.78, 5) is 52.4. The zero-order valence-electron chi connectivity index (χ0n) is 20.0. The number of benzene rings is 2. The van der Waals surface area contributed by atoms with E-state index < -0.39 is 22.1 Å². The number of rotatable bonds is 11. The van der Waals surface area contributed by atoms with Crippen molar-refractivity contribution in [2.45, 2.75) is 26.4 Å². The molecule has 0 aliphatic rings. The molecule has 0 aliphatic heterocycles. The fraction of sp³-hybridized carbons (Fsp3) is 0.292. The Bertz CT molecular complexity index is 1350. The number of aryl methyl sites for hydroxylation is 1. The zero-order valence-corrected chi connectivity index (χ0v) is 20.0. The van der Waals surface area contributed by atoms with Crippen LogP contribution in [0.4, 0.5) is 22.9 Å². The SMILES string of the molecule is COCCn1c(N)c(N(CCC(=O)Nc2cc([N+](=O)[O-])ccc2C)Cc2ccccc2)c(=O)[nH]c1=O. The van der Waals surface area contributed by atoms with Crippen LogP contribution in [0.3, 0.4) is 0 Å². The Morgan fingerprint density at radius 2 is 1.94 bits per heavy atom. The number of nitrogen functional groups attached to an aromatic ring is 1. The van der Waals surface area contributed by atoms with Crippen LogP contribution in [0.25, 0.3) is 0 Å². The molecular weight excluding hydrogens is 468 g/mol. The quantitative estimate of drug-likeness (QED) is 0.268. The van der Waals surface area contributed by atoms with E-state index in [1.165, 1.54) is 23.8 Å². The number of H-pyrrole nitrogens is 1. The van der Waals surface area contributed by atoms with Crippen molar-refractivity contribution in [3.8, 4) is 0 Å². The summed E-state index contributed by atoms with van der Waals surface area (Å²) in [5.41, 5.74) is 6.71. The predicted octanol–water partition coefficient (Wildman–Crippen LogP) is 2.02. The molecule has 0 aliphatic carbocycles. The Hall–Kier alpha value is -4.45. The van der Waals surface area contributed by atoms with Gasteiger partial charge >= 0.3 is 5.69 Å². The summed E-state index contributed by atoms with van der Waals surface area (Å²) in [5, 5.41) is 13.8. The summed E-state index contributed by atoms with van der Waals surface area (Å²) in [7, 11) is 1.48. The highest BCUT2D eigenvalue weighted by Crippen LogP contribution is 2.23. The largest absolute Gasteiger partial charge is 0.383 e. The molecule has 36 heavy (non-hydrogen) atoms. The van der Waals surface area contributed by atoms with E-state index in [1.54, 1.807) is 17.9 Å². The number of carbonyl (C=O) groups is 1. The highest BCUT2D eigenvalue weighted by atomic mass is 16.6. The number of nitro benzene ring substituents is 1. The lowest BCUT2D eigenvalue weighted by Gasteiger charge is -2.26. The van der Waals surface area contributed by atoms with Crippen LogP contribution >= 0.6 is 0 Å². The van der Waals surface area contributed by atoms with Crippen LogP contribution < -0.4 is 27.2 Å². The molecule has 12 nitrogen and oxygen atoms in total. The Kier molecular flexibility index (Phi) is 8.57. The van der Waals surface area contributed by atoms with E-state index in [4.69, 9.17) is 10.5 Å². The maximum atomic E-state index is 12.8. The van der Waals surface area contributed by atoms with Crippen molar-refractivity contribution in [1.82, 2.24) is 9.55 Å². The molecule has 1 heterocycles. The number of non-ortho nitro benzene ring substituents is 1. The normalized spacial score (nSPS) is 10.7. The minimum absolute atomic E-state index is 0.0355. The lowest BCUT2D eigenvalue weighted by Crippen LogP contribution is -2.39. The second-order valence-electron chi connectivity index (χ2n) is 8.10. The van der Waals surface area contributed by atoms with E-state index >= 15 is 0 Å². The average molecular weight is 497 g/mol. The molecule has 2 aromatic carbocycles. The standard InChI is InChI=1S/C24H28N6O6/c1-16-8-9-18(30(34)35)14-19(16)26-20(31)10-11-28(15-17-6-4-3-5-7-17)21-22(25)29(12-13-36-2)24(33)27-23(21)32/h3-9,14H,10-13,15,25H2,1-2H3,(H,26,31)(H,27,32,33). The van der Waals surface area contributed by atoms with Gasteiger partial charge in [0, 0.05) is 38.8 Å². The highest BCUT2D eigenvalue weighted by molar-refractivity contribution is 5.92. The number of hydrogen-bond acceptors (Lipinski definition) is 8. The van der Waals surface area contributed by atoms with Gasteiger partial charge in [-0.3, -0.25) is 29.3 Å². The van der Waals surface area contributed by atoms with Crippen molar-refractivity contribution in [1.29, 1.82) is 0 Å². The third kappa shape index (κ3) is 6.36. The maximum Gasteiger partial charge on any atom is 0.330 e.